The quantitative estimate of drug-likeness (QED) is 0.639. The van der Waals surface area contributed by atoms with Crippen molar-refractivity contribution in [2.45, 2.75) is 6.92 Å². The van der Waals surface area contributed by atoms with Gasteiger partial charge in [0, 0.05) is 11.6 Å². The van der Waals surface area contributed by atoms with E-state index in [2.05, 4.69) is 4.98 Å². The first-order valence-electron chi connectivity index (χ1n) is 3.82. The van der Waals surface area contributed by atoms with Crippen LogP contribution in [-0.4, -0.2) is 10.1 Å². The number of aryl methyl sites for hydroxylation is 1. The molecule has 0 aliphatic rings. The summed E-state index contributed by atoms with van der Waals surface area (Å²) >= 11 is 0. The third-order valence-corrected chi connectivity index (χ3v) is 1.95. The van der Waals surface area contributed by atoms with Gasteiger partial charge >= 0.3 is 0 Å². The standard InChI is InChI=1S/C10H9NO/c1-7-4-5-8-3-2-6-11-9(8)10(7)12/h2-6,12H,1H3. The van der Waals surface area contributed by atoms with Gasteiger partial charge in [0.2, 0.25) is 0 Å². The second-order valence-corrected chi connectivity index (χ2v) is 2.81. The summed E-state index contributed by atoms with van der Waals surface area (Å²) in [5.41, 5.74) is 1.54. The lowest BCUT2D eigenvalue weighted by Gasteiger charge is -2.01. The van der Waals surface area contributed by atoms with Gasteiger partial charge in [-0.3, -0.25) is 4.98 Å². The maximum absolute atomic E-state index is 9.60. The predicted molar refractivity (Wildman–Crippen MR) is 48.1 cm³/mol. The van der Waals surface area contributed by atoms with Gasteiger partial charge in [-0.2, -0.15) is 0 Å². The molecule has 0 radical (unpaired) electrons. The van der Waals surface area contributed by atoms with Crippen molar-refractivity contribution in [1.82, 2.24) is 4.98 Å². The van der Waals surface area contributed by atoms with Gasteiger partial charge in [0.05, 0.1) is 0 Å². The lowest BCUT2D eigenvalue weighted by Crippen LogP contribution is -1.81. The molecule has 1 aromatic carbocycles. The summed E-state index contributed by atoms with van der Waals surface area (Å²) in [5, 5.41) is 10.6. The predicted octanol–water partition coefficient (Wildman–Crippen LogP) is 2.25. The molecule has 12 heavy (non-hydrogen) atoms. The number of hydrogen-bond acceptors (Lipinski definition) is 2. The van der Waals surface area contributed by atoms with Gasteiger partial charge in [-0.05, 0) is 18.6 Å². The van der Waals surface area contributed by atoms with Crippen molar-refractivity contribution in [3.63, 3.8) is 0 Å². The Kier molecular flexibility index (Phi) is 1.47. The summed E-state index contributed by atoms with van der Waals surface area (Å²) in [4.78, 5) is 4.09. The van der Waals surface area contributed by atoms with Crippen LogP contribution in [0, 0.1) is 6.92 Å². The largest absolute Gasteiger partial charge is 0.505 e. The molecular formula is C10H9NO. The molecule has 0 amide bonds. The van der Waals surface area contributed by atoms with E-state index in [-0.39, 0.29) is 5.75 Å². The van der Waals surface area contributed by atoms with Crippen molar-refractivity contribution in [3.05, 3.63) is 36.0 Å². The number of nitrogens with zero attached hydrogens (tertiary/aromatic N) is 1. The second kappa shape index (κ2) is 2.48. The van der Waals surface area contributed by atoms with E-state index in [0.717, 1.165) is 10.9 Å². The zero-order valence-electron chi connectivity index (χ0n) is 6.78. The van der Waals surface area contributed by atoms with Crippen LogP contribution in [0.4, 0.5) is 0 Å². The summed E-state index contributed by atoms with van der Waals surface area (Å²) in [6.07, 6.45) is 1.68. The molecule has 2 heteroatoms. The van der Waals surface area contributed by atoms with E-state index >= 15 is 0 Å². The topological polar surface area (TPSA) is 33.1 Å². The van der Waals surface area contributed by atoms with Crippen LogP contribution in [0.5, 0.6) is 5.75 Å². The number of phenols is 1. The first-order chi connectivity index (χ1) is 5.79. The van der Waals surface area contributed by atoms with E-state index in [9.17, 15) is 5.11 Å². The van der Waals surface area contributed by atoms with E-state index < -0.39 is 0 Å². The highest BCUT2D eigenvalue weighted by atomic mass is 16.3. The lowest BCUT2D eigenvalue weighted by molar-refractivity contribution is 0.476. The van der Waals surface area contributed by atoms with Crippen molar-refractivity contribution in [3.8, 4) is 5.75 Å². The Morgan fingerprint density at radius 2 is 2.08 bits per heavy atom. The molecule has 1 N–H and O–H groups in total. The van der Waals surface area contributed by atoms with E-state index in [4.69, 9.17) is 0 Å². The molecule has 1 heterocycles. The van der Waals surface area contributed by atoms with Crippen LogP contribution < -0.4 is 0 Å². The molecule has 2 nitrogen and oxygen atoms in total. The third kappa shape index (κ3) is 0.925. The van der Waals surface area contributed by atoms with Gasteiger partial charge in [-0.25, -0.2) is 0 Å². The molecule has 0 aliphatic carbocycles. The average Bonchev–Trinajstić information content (AvgIpc) is 2.12. The second-order valence-electron chi connectivity index (χ2n) is 2.81. The number of aromatic nitrogens is 1. The first kappa shape index (κ1) is 7.10. The molecule has 0 saturated heterocycles. The number of phenolic OH excluding ortho intramolecular Hbond substituents is 1. The van der Waals surface area contributed by atoms with E-state index in [1.165, 1.54) is 0 Å². The van der Waals surface area contributed by atoms with Gasteiger partial charge in [-0.15, -0.1) is 0 Å². The van der Waals surface area contributed by atoms with Crippen molar-refractivity contribution in [2.75, 3.05) is 0 Å². The summed E-state index contributed by atoms with van der Waals surface area (Å²) < 4.78 is 0. The molecule has 2 rings (SSSR count). The summed E-state index contributed by atoms with van der Waals surface area (Å²) in [5.74, 6) is 0.285. The number of hydrogen-bond donors (Lipinski definition) is 1. The highest BCUT2D eigenvalue weighted by molar-refractivity contribution is 5.85. The molecule has 0 spiro atoms. The fourth-order valence-electron chi connectivity index (χ4n) is 1.23. The van der Waals surface area contributed by atoms with Crippen molar-refractivity contribution < 1.29 is 5.11 Å². The molecule has 0 bridgehead atoms. The Hall–Kier alpha value is -1.57. The van der Waals surface area contributed by atoms with Crippen LogP contribution in [0.3, 0.4) is 0 Å². The zero-order chi connectivity index (χ0) is 8.55. The SMILES string of the molecule is Cc1ccc2cccnc2c1O. The monoisotopic (exact) mass is 159 g/mol. The van der Waals surface area contributed by atoms with Crippen molar-refractivity contribution in [1.29, 1.82) is 0 Å². The summed E-state index contributed by atoms with van der Waals surface area (Å²) in [6, 6.07) is 7.63. The molecular weight excluding hydrogens is 150 g/mol. The molecule has 2 aromatic rings. The van der Waals surface area contributed by atoms with Crippen molar-refractivity contribution >= 4 is 10.9 Å². The Morgan fingerprint density at radius 1 is 1.25 bits per heavy atom. The minimum absolute atomic E-state index is 0.285. The third-order valence-electron chi connectivity index (χ3n) is 1.95. The van der Waals surface area contributed by atoms with Crippen LogP contribution in [0.15, 0.2) is 30.5 Å². The van der Waals surface area contributed by atoms with Crippen molar-refractivity contribution in [2.24, 2.45) is 0 Å². The highest BCUT2D eigenvalue weighted by Gasteiger charge is 2.01. The number of rotatable bonds is 0. The minimum Gasteiger partial charge on any atom is -0.505 e. The Morgan fingerprint density at radius 3 is 2.92 bits per heavy atom. The van der Waals surface area contributed by atoms with Crippen LogP contribution in [-0.2, 0) is 0 Å². The normalized spacial score (nSPS) is 10.4. The van der Waals surface area contributed by atoms with E-state index in [1.54, 1.807) is 6.20 Å². The van der Waals surface area contributed by atoms with Gasteiger partial charge in [0.25, 0.3) is 0 Å². The number of pyridine rings is 1. The Labute approximate surface area is 70.5 Å². The van der Waals surface area contributed by atoms with Gasteiger partial charge in [0.15, 0.2) is 0 Å². The maximum atomic E-state index is 9.60. The zero-order valence-corrected chi connectivity index (χ0v) is 6.78. The smallest absolute Gasteiger partial charge is 0.144 e. The molecule has 60 valence electrons. The molecule has 0 saturated carbocycles. The highest BCUT2D eigenvalue weighted by Crippen LogP contribution is 2.25. The molecule has 0 unspecified atom stereocenters. The fraction of sp³-hybridized carbons (Fsp3) is 0.100. The Bertz CT molecular complexity index is 423. The number of benzene rings is 1. The molecule has 0 atom stereocenters. The number of fused-ring (bicyclic) bond motifs is 1. The first-order valence-corrected chi connectivity index (χ1v) is 3.82. The summed E-state index contributed by atoms with van der Waals surface area (Å²) in [6.45, 7) is 1.86. The van der Waals surface area contributed by atoms with E-state index in [0.29, 0.717) is 5.52 Å². The minimum atomic E-state index is 0.285. The number of aromatic hydroxyl groups is 1. The lowest BCUT2D eigenvalue weighted by atomic mass is 10.1. The fourth-order valence-corrected chi connectivity index (χ4v) is 1.23. The average molecular weight is 159 g/mol. The maximum Gasteiger partial charge on any atom is 0.144 e. The molecule has 0 aliphatic heterocycles. The molecule has 0 fully saturated rings. The van der Waals surface area contributed by atoms with Gasteiger partial charge in [-0.1, -0.05) is 18.2 Å². The van der Waals surface area contributed by atoms with E-state index in [1.807, 2.05) is 31.2 Å². The van der Waals surface area contributed by atoms with Crippen LogP contribution >= 0.6 is 0 Å². The van der Waals surface area contributed by atoms with Crippen LogP contribution in [0.2, 0.25) is 0 Å². The summed E-state index contributed by atoms with van der Waals surface area (Å²) in [7, 11) is 0. The van der Waals surface area contributed by atoms with Gasteiger partial charge < -0.3 is 5.11 Å². The Balaban J connectivity index is 2.91. The van der Waals surface area contributed by atoms with Gasteiger partial charge in [0.1, 0.15) is 11.3 Å². The van der Waals surface area contributed by atoms with Crippen LogP contribution in [0.1, 0.15) is 5.56 Å². The molecule has 1 aromatic heterocycles. The van der Waals surface area contributed by atoms with Crippen LogP contribution in [0.25, 0.3) is 10.9 Å².